The van der Waals surface area contributed by atoms with Crippen molar-refractivity contribution < 1.29 is 19.7 Å². The second-order valence-electron chi connectivity index (χ2n) is 5.39. The van der Waals surface area contributed by atoms with Gasteiger partial charge >= 0.3 is 5.69 Å². The Balaban J connectivity index is 1.89. The minimum absolute atomic E-state index is 0.0672. The van der Waals surface area contributed by atoms with Gasteiger partial charge in [-0.25, -0.2) is 4.79 Å². The minimum atomic E-state index is -2.59. The van der Waals surface area contributed by atoms with Crippen molar-refractivity contribution in [1.29, 1.82) is 0 Å². The average molecular weight is 362 g/mol. The number of carbonyl (C=O) groups is 1. The lowest BCUT2D eigenvalue weighted by Crippen LogP contribution is -2.46. The van der Waals surface area contributed by atoms with Gasteiger partial charge in [-0.2, -0.15) is 0 Å². The molecule has 0 amide bonds. The summed E-state index contributed by atoms with van der Waals surface area (Å²) in [5.41, 5.74) is -1.14. The van der Waals surface area contributed by atoms with E-state index in [0.29, 0.717) is 17.3 Å². The van der Waals surface area contributed by atoms with Gasteiger partial charge in [0.15, 0.2) is 0 Å². The molecule has 25 heavy (non-hydrogen) atoms. The second-order valence-corrected chi connectivity index (χ2v) is 6.47. The van der Waals surface area contributed by atoms with Gasteiger partial charge < -0.3 is 14.9 Å². The fraction of sp³-hybridized carbons (Fsp3) is 0.188. The van der Waals surface area contributed by atoms with Crippen molar-refractivity contribution >= 4 is 16.9 Å². The van der Waals surface area contributed by atoms with Crippen molar-refractivity contribution in [3.8, 4) is 0 Å². The van der Waals surface area contributed by atoms with Crippen LogP contribution >= 0.6 is 11.8 Å². The van der Waals surface area contributed by atoms with Gasteiger partial charge in [0, 0.05) is 17.8 Å². The fourth-order valence-electron chi connectivity index (χ4n) is 2.43. The standard InChI is InChI=1S/C16H14N2O6S/c1-9-12(25-13(20)10-5-3-2-4-6-10)16(22,23)14(24-9)18-8-7-11(19)17-15(18)21/h2-8,12,14,22-23H,1H2,(H,17,19,21)/t12-,14-/m1/s1. The number of aromatic nitrogens is 2. The van der Waals surface area contributed by atoms with Crippen molar-refractivity contribution in [1.82, 2.24) is 9.55 Å². The van der Waals surface area contributed by atoms with Gasteiger partial charge in [0.05, 0.1) is 0 Å². The maximum absolute atomic E-state index is 12.3. The summed E-state index contributed by atoms with van der Waals surface area (Å²) in [6.45, 7) is 3.60. The number of nitrogens with zero attached hydrogens (tertiary/aromatic N) is 1. The van der Waals surface area contributed by atoms with Crippen LogP contribution in [-0.4, -0.2) is 35.9 Å². The van der Waals surface area contributed by atoms with E-state index in [9.17, 15) is 24.6 Å². The first-order valence-corrected chi connectivity index (χ1v) is 8.06. The van der Waals surface area contributed by atoms with Gasteiger partial charge in [-0.3, -0.25) is 19.1 Å². The summed E-state index contributed by atoms with van der Waals surface area (Å²) >= 11 is 0.632. The van der Waals surface area contributed by atoms with Crippen LogP contribution in [0.5, 0.6) is 0 Å². The number of ether oxygens (including phenoxy) is 1. The molecule has 0 unspecified atom stereocenters. The fourth-order valence-corrected chi connectivity index (χ4v) is 3.40. The summed E-state index contributed by atoms with van der Waals surface area (Å²) in [6, 6.07) is 9.34. The van der Waals surface area contributed by atoms with E-state index in [0.717, 1.165) is 16.8 Å². The number of aromatic amines is 1. The smallest absolute Gasteiger partial charge is 0.331 e. The molecule has 1 saturated heterocycles. The van der Waals surface area contributed by atoms with Crippen LogP contribution in [0, 0.1) is 0 Å². The molecule has 1 aliphatic heterocycles. The molecule has 3 rings (SSSR count). The Labute approximate surface area is 145 Å². The molecular weight excluding hydrogens is 348 g/mol. The summed E-state index contributed by atoms with van der Waals surface area (Å²) in [5, 5.41) is 19.3. The molecule has 0 saturated carbocycles. The Kier molecular flexibility index (Phi) is 4.38. The largest absolute Gasteiger partial charge is 0.468 e. The van der Waals surface area contributed by atoms with E-state index in [2.05, 4.69) is 6.58 Å². The van der Waals surface area contributed by atoms with E-state index in [1.165, 1.54) is 0 Å². The Morgan fingerprint density at radius 3 is 2.56 bits per heavy atom. The van der Waals surface area contributed by atoms with Crippen LogP contribution in [0.2, 0.25) is 0 Å². The van der Waals surface area contributed by atoms with E-state index in [-0.39, 0.29) is 5.76 Å². The Hall–Kier alpha value is -2.62. The molecule has 0 radical (unpaired) electrons. The van der Waals surface area contributed by atoms with Gasteiger partial charge in [-0.1, -0.05) is 48.7 Å². The maximum Gasteiger partial charge on any atom is 0.331 e. The predicted molar refractivity (Wildman–Crippen MR) is 89.9 cm³/mol. The molecule has 8 nitrogen and oxygen atoms in total. The SMILES string of the molecule is C=C1O[C@@H](n2ccc(=O)[nH]c2=O)C(O)(O)[C@@H]1SC(=O)c1ccccc1. The number of hydrogen-bond acceptors (Lipinski definition) is 7. The predicted octanol–water partition coefficient (Wildman–Crippen LogP) is 0.202. The number of aliphatic hydroxyl groups is 2. The monoisotopic (exact) mass is 362 g/mol. The topological polar surface area (TPSA) is 122 Å². The number of rotatable bonds is 3. The van der Waals surface area contributed by atoms with Gasteiger partial charge in [0.25, 0.3) is 5.56 Å². The van der Waals surface area contributed by atoms with E-state index in [4.69, 9.17) is 4.74 Å². The molecule has 9 heteroatoms. The number of benzene rings is 1. The first kappa shape index (κ1) is 17.2. The Morgan fingerprint density at radius 2 is 1.92 bits per heavy atom. The molecule has 130 valence electrons. The van der Waals surface area contributed by atoms with Gasteiger partial charge in [0.1, 0.15) is 11.0 Å². The highest BCUT2D eigenvalue weighted by molar-refractivity contribution is 8.14. The van der Waals surface area contributed by atoms with E-state index < -0.39 is 33.6 Å². The Bertz CT molecular complexity index is 933. The molecule has 0 aliphatic carbocycles. The lowest BCUT2D eigenvalue weighted by molar-refractivity contribution is -0.214. The van der Waals surface area contributed by atoms with Crippen molar-refractivity contribution in [3.05, 3.63) is 81.3 Å². The zero-order chi connectivity index (χ0) is 18.2. The number of thioether (sulfide) groups is 1. The van der Waals surface area contributed by atoms with Crippen LogP contribution in [0.4, 0.5) is 0 Å². The third-order valence-electron chi connectivity index (χ3n) is 3.64. The highest BCUT2D eigenvalue weighted by Gasteiger charge is 2.55. The zero-order valence-corrected chi connectivity index (χ0v) is 13.6. The molecular formula is C16H14N2O6S. The van der Waals surface area contributed by atoms with Crippen LogP contribution in [0.15, 0.2) is 64.5 Å². The van der Waals surface area contributed by atoms with Gasteiger partial charge in [-0.05, 0) is 0 Å². The minimum Gasteiger partial charge on any atom is -0.468 e. The number of carbonyl (C=O) groups excluding carboxylic acids is 1. The van der Waals surface area contributed by atoms with Crippen LogP contribution in [0.25, 0.3) is 0 Å². The highest BCUT2D eigenvalue weighted by atomic mass is 32.2. The summed E-state index contributed by atoms with van der Waals surface area (Å²) in [4.78, 5) is 37.3. The van der Waals surface area contributed by atoms with Crippen LogP contribution in [0.3, 0.4) is 0 Å². The summed E-state index contributed by atoms with van der Waals surface area (Å²) < 4.78 is 6.13. The lowest BCUT2D eigenvalue weighted by atomic mass is 10.2. The molecule has 0 bridgehead atoms. The van der Waals surface area contributed by atoms with E-state index in [1.54, 1.807) is 30.3 Å². The van der Waals surface area contributed by atoms with Crippen LogP contribution < -0.4 is 11.2 Å². The third kappa shape index (κ3) is 3.16. The molecule has 1 aromatic carbocycles. The summed E-state index contributed by atoms with van der Waals surface area (Å²) in [5.74, 6) is -2.66. The normalized spacial score (nSPS) is 21.8. The molecule has 2 aromatic rings. The first-order valence-electron chi connectivity index (χ1n) is 7.18. The second kappa shape index (κ2) is 6.36. The lowest BCUT2D eigenvalue weighted by Gasteiger charge is -2.26. The van der Waals surface area contributed by atoms with Gasteiger partial charge in [-0.15, -0.1) is 0 Å². The quantitative estimate of drug-likeness (QED) is 0.667. The molecule has 1 aromatic heterocycles. The number of H-pyrrole nitrogens is 1. The zero-order valence-electron chi connectivity index (χ0n) is 12.8. The van der Waals surface area contributed by atoms with E-state index in [1.807, 2.05) is 4.98 Å². The maximum atomic E-state index is 12.3. The molecule has 1 fully saturated rings. The van der Waals surface area contributed by atoms with Crippen molar-refractivity contribution in [3.63, 3.8) is 0 Å². The number of hydrogen-bond donors (Lipinski definition) is 3. The molecule has 2 heterocycles. The molecule has 3 N–H and O–H groups in total. The average Bonchev–Trinajstić information content (AvgIpc) is 2.79. The summed E-state index contributed by atoms with van der Waals surface area (Å²) in [6.07, 6.45) is -0.475. The summed E-state index contributed by atoms with van der Waals surface area (Å²) in [7, 11) is 0. The Morgan fingerprint density at radius 1 is 1.24 bits per heavy atom. The number of nitrogens with one attached hydrogen (secondary N) is 1. The van der Waals surface area contributed by atoms with Crippen LogP contribution in [0.1, 0.15) is 16.6 Å². The van der Waals surface area contributed by atoms with Crippen molar-refractivity contribution in [2.75, 3.05) is 0 Å². The van der Waals surface area contributed by atoms with Crippen molar-refractivity contribution in [2.45, 2.75) is 17.3 Å². The van der Waals surface area contributed by atoms with Gasteiger partial charge in [0.2, 0.25) is 17.1 Å². The van der Waals surface area contributed by atoms with E-state index >= 15 is 0 Å². The molecule has 2 atom stereocenters. The molecule has 0 spiro atoms. The first-order chi connectivity index (χ1) is 11.8. The van der Waals surface area contributed by atoms with Crippen LogP contribution in [-0.2, 0) is 4.74 Å². The third-order valence-corrected chi connectivity index (χ3v) is 4.94. The van der Waals surface area contributed by atoms with Crippen molar-refractivity contribution in [2.24, 2.45) is 0 Å². The molecule has 1 aliphatic rings. The highest BCUT2D eigenvalue weighted by Crippen LogP contribution is 2.44.